The normalized spacial score (nSPS) is 15.8. The number of aromatic amines is 1. The second-order valence-corrected chi connectivity index (χ2v) is 10.4. The van der Waals surface area contributed by atoms with E-state index < -0.39 is 17.7 Å². The Balaban J connectivity index is 1.69. The summed E-state index contributed by atoms with van der Waals surface area (Å²) in [5.41, 5.74) is 0.554. The number of imidazole rings is 1. The molecular weight excluding hydrogens is 478 g/mol. The van der Waals surface area contributed by atoms with Crippen molar-refractivity contribution >= 4 is 17.6 Å². The van der Waals surface area contributed by atoms with Gasteiger partial charge in [-0.1, -0.05) is 33.6 Å². The summed E-state index contributed by atoms with van der Waals surface area (Å²) < 4.78 is 27.4. The highest BCUT2D eigenvalue weighted by Crippen LogP contribution is 2.25. The maximum atomic E-state index is 14.2. The van der Waals surface area contributed by atoms with Crippen molar-refractivity contribution in [2.75, 3.05) is 13.1 Å². The van der Waals surface area contributed by atoms with Crippen molar-refractivity contribution in [1.29, 1.82) is 0 Å². The van der Waals surface area contributed by atoms with Gasteiger partial charge in [0.2, 0.25) is 11.8 Å². The molecule has 202 valence electrons. The van der Waals surface area contributed by atoms with Crippen LogP contribution in [0.2, 0.25) is 0 Å². The van der Waals surface area contributed by atoms with Crippen LogP contribution in [-0.4, -0.2) is 51.6 Å². The van der Waals surface area contributed by atoms with E-state index in [2.05, 4.69) is 15.3 Å². The third-order valence-electron chi connectivity index (χ3n) is 6.80. The van der Waals surface area contributed by atoms with Gasteiger partial charge in [-0.15, -0.1) is 0 Å². The summed E-state index contributed by atoms with van der Waals surface area (Å²) >= 11 is 0. The SMILES string of the molecule is CC(C)CCC(=O)N[C@@H](CC(=O)N1CCCCCC1)C(=O)C[C@@H](C)c1ncc(-c2ccc(F)cc2F)[nH]1. The molecule has 1 aliphatic heterocycles. The number of carbonyl (C=O) groups is 3. The Labute approximate surface area is 217 Å². The number of Topliss-reactive ketones (excluding diaryl/α,β-unsaturated/α-hetero) is 1. The standard InChI is InChI=1S/C28H38F2N4O3/c1-18(2)8-11-26(36)32-23(16-27(37)34-12-6-4-5-7-13-34)25(35)14-19(3)28-31-17-24(33-28)21-10-9-20(29)15-22(21)30/h9-10,15,17-19,23H,4-8,11-14,16H2,1-3H3,(H,31,33)(H,32,36)/t19-,23+/m1/s1. The summed E-state index contributed by atoms with van der Waals surface area (Å²) in [5, 5.41) is 2.81. The van der Waals surface area contributed by atoms with Gasteiger partial charge in [0.25, 0.3) is 0 Å². The van der Waals surface area contributed by atoms with Crippen LogP contribution < -0.4 is 5.32 Å². The first-order valence-electron chi connectivity index (χ1n) is 13.2. The van der Waals surface area contributed by atoms with Crippen molar-refractivity contribution in [1.82, 2.24) is 20.2 Å². The molecule has 2 heterocycles. The molecular formula is C28H38F2N4O3. The van der Waals surface area contributed by atoms with Crippen molar-refractivity contribution in [3.05, 3.63) is 41.9 Å². The Morgan fingerprint density at radius 2 is 1.76 bits per heavy atom. The average molecular weight is 517 g/mol. The van der Waals surface area contributed by atoms with Crippen LogP contribution in [0, 0.1) is 17.6 Å². The molecule has 1 saturated heterocycles. The Bertz CT molecular complexity index is 1080. The minimum Gasteiger partial charge on any atom is -0.346 e. The molecule has 9 heteroatoms. The number of carbonyl (C=O) groups excluding carboxylic acids is 3. The van der Waals surface area contributed by atoms with E-state index in [4.69, 9.17) is 0 Å². The number of nitrogens with zero attached hydrogens (tertiary/aromatic N) is 2. The lowest BCUT2D eigenvalue weighted by Crippen LogP contribution is -2.45. The maximum absolute atomic E-state index is 14.2. The fourth-order valence-electron chi connectivity index (χ4n) is 4.53. The number of benzene rings is 1. The fraction of sp³-hybridized carbons (Fsp3) is 0.571. The van der Waals surface area contributed by atoms with E-state index in [0.717, 1.165) is 31.7 Å². The topological polar surface area (TPSA) is 95.2 Å². The van der Waals surface area contributed by atoms with Crippen LogP contribution in [0.15, 0.2) is 24.4 Å². The average Bonchev–Trinajstić information content (AvgIpc) is 3.16. The lowest BCUT2D eigenvalue weighted by Gasteiger charge is -2.24. The van der Waals surface area contributed by atoms with Crippen molar-refractivity contribution in [2.45, 2.75) is 84.1 Å². The third kappa shape index (κ3) is 8.47. The molecule has 2 aromatic rings. The maximum Gasteiger partial charge on any atom is 0.225 e. The second kappa shape index (κ2) is 13.4. The molecule has 2 N–H and O–H groups in total. The van der Waals surface area contributed by atoms with E-state index in [9.17, 15) is 23.2 Å². The first-order chi connectivity index (χ1) is 17.6. The number of halogens is 2. The van der Waals surface area contributed by atoms with E-state index in [1.165, 1.54) is 18.3 Å². The van der Waals surface area contributed by atoms with Gasteiger partial charge in [-0.25, -0.2) is 13.8 Å². The van der Waals surface area contributed by atoms with Crippen LogP contribution in [0.1, 0.15) is 83.9 Å². The molecule has 0 spiro atoms. The molecule has 3 rings (SSSR count). The number of hydrogen-bond donors (Lipinski definition) is 2. The number of hydrogen-bond acceptors (Lipinski definition) is 4. The second-order valence-electron chi connectivity index (χ2n) is 10.4. The van der Waals surface area contributed by atoms with Crippen molar-refractivity contribution in [2.24, 2.45) is 5.92 Å². The van der Waals surface area contributed by atoms with Gasteiger partial charge < -0.3 is 15.2 Å². The van der Waals surface area contributed by atoms with E-state index in [1.807, 2.05) is 13.8 Å². The van der Waals surface area contributed by atoms with Crippen LogP contribution in [0.4, 0.5) is 8.78 Å². The third-order valence-corrected chi connectivity index (χ3v) is 6.80. The molecule has 1 fully saturated rings. The highest BCUT2D eigenvalue weighted by molar-refractivity contribution is 5.93. The zero-order valence-corrected chi connectivity index (χ0v) is 22.0. The van der Waals surface area contributed by atoms with Crippen LogP contribution in [0.5, 0.6) is 0 Å². The van der Waals surface area contributed by atoms with Gasteiger partial charge in [-0.05, 0) is 37.3 Å². The molecule has 2 amide bonds. The molecule has 0 bridgehead atoms. The quantitative estimate of drug-likeness (QED) is 0.433. The Hall–Kier alpha value is -3.10. The summed E-state index contributed by atoms with van der Waals surface area (Å²) in [6.45, 7) is 7.20. The van der Waals surface area contributed by atoms with Gasteiger partial charge in [0.15, 0.2) is 5.78 Å². The number of nitrogens with one attached hydrogen (secondary N) is 2. The Kier molecular flexibility index (Phi) is 10.3. The van der Waals surface area contributed by atoms with E-state index in [-0.39, 0.29) is 41.9 Å². The van der Waals surface area contributed by atoms with Gasteiger partial charge in [0, 0.05) is 43.5 Å². The van der Waals surface area contributed by atoms with Gasteiger partial charge in [0.05, 0.1) is 24.4 Å². The zero-order chi connectivity index (χ0) is 26.9. The van der Waals surface area contributed by atoms with E-state index in [1.54, 1.807) is 11.8 Å². The lowest BCUT2D eigenvalue weighted by atomic mass is 9.96. The molecule has 37 heavy (non-hydrogen) atoms. The van der Waals surface area contributed by atoms with E-state index >= 15 is 0 Å². The number of likely N-dealkylation sites (tertiary alicyclic amines) is 1. The zero-order valence-electron chi connectivity index (χ0n) is 22.0. The van der Waals surface area contributed by atoms with Gasteiger partial charge in [-0.2, -0.15) is 0 Å². The van der Waals surface area contributed by atoms with Crippen LogP contribution >= 0.6 is 0 Å². The first-order valence-corrected chi connectivity index (χ1v) is 13.2. The predicted octanol–water partition coefficient (Wildman–Crippen LogP) is 5.13. The molecule has 1 aliphatic rings. The number of H-pyrrole nitrogens is 1. The summed E-state index contributed by atoms with van der Waals surface area (Å²) in [6.07, 6.45) is 6.46. The number of amides is 2. The van der Waals surface area contributed by atoms with Crippen molar-refractivity contribution in [3.8, 4) is 11.3 Å². The van der Waals surface area contributed by atoms with Gasteiger partial charge in [-0.3, -0.25) is 14.4 Å². The molecule has 0 aliphatic carbocycles. The number of rotatable bonds is 11. The van der Waals surface area contributed by atoms with Crippen molar-refractivity contribution < 1.29 is 23.2 Å². The van der Waals surface area contributed by atoms with Crippen molar-refractivity contribution in [3.63, 3.8) is 0 Å². The molecule has 0 saturated carbocycles. The predicted molar refractivity (Wildman–Crippen MR) is 138 cm³/mol. The summed E-state index contributed by atoms with van der Waals surface area (Å²) in [4.78, 5) is 48.0. The summed E-state index contributed by atoms with van der Waals surface area (Å²) in [6, 6.07) is 2.38. The molecule has 1 aromatic carbocycles. The number of ketones is 1. The monoisotopic (exact) mass is 516 g/mol. The van der Waals surface area contributed by atoms with Crippen LogP contribution in [0.25, 0.3) is 11.3 Å². The van der Waals surface area contributed by atoms with Gasteiger partial charge in [0.1, 0.15) is 17.5 Å². The molecule has 0 unspecified atom stereocenters. The molecule has 7 nitrogen and oxygen atoms in total. The molecule has 2 atom stereocenters. The van der Waals surface area contributed by atoms with Gasteiger partial charge >= 0.3 is 0 Å². The smallest absolute Gasteiger partial charge is 0.225 e. The summed E-state index contributed by atoms with van der Waals surface area (Å²) in [5.74, 6) is -1.55. The molecule has 0 radical (unpaired) electrons. The Morgan fingerprint density at radius 1 is 1.05 bits per heavy atom. The van der Waals surface area contributed by atoms with E-state index in [0.29, 0.717) is 43.4 Å². The minimum atomic E-state index is -0.915. The minimum absolute atomic E-state index is 0.0429. The molecule has 1 aromatic heterocycles. The highest BCUT2D eigenvalue weighted by Gasteiger charge is 2.28. The number of aromatic nitrogens is 2. The van der Waals surface area contributed by atoms with Crippen LogP contribution in [-0.2, 0) is 14.4 Å². The first kappa shape index (κ1) is 28.5. The highest BCUT2D eigenvalue weighted by atomic mass is 19.1. The largest absolute Gasteiger partial charge is 0.346 e. The summed E-state index contributed by atoms with van der Waals surface area (Å²) in [7, 11) is 0. The fourth-order valence-corrected chi connectivity index (χ4v) is 4.53. The lowest BCUT2D eigenvalue weighted by molar-refractivity contribution is -0.135. The Morgan fingerprint density at radius 3 is 2.41 bits per heavy atom. The van der Waals surface area contributed by atoms with Crippen LogP contribution in [0.3, 0.4) is 0 Å².